The van der Waals surface area contributed by atoms with Crippen molar-refractivity contribution in [3.63, 3.8) is 0 Å². The Morgan fingerprint density at radius 2 is 1.80 bits per heavy atom. The number of sulfonamides is 1. The van der Waals surface area contributed by atoms with E-state index in [0.717, 1.165) is 37.7 Å². The normalized spacial score (nSPS) is 23.9. The summed E-state index contributed by atoms with van der Waals surface area (Å²) in [5.74, 6) is 0.518. The van der Waals surface area contributed by atoms with Crippen molar-refractivity contribution in [1.29, 1.82) is 0 Å². The summed E-state index contributed by atoms with van der Waals surface area (Å²) < 4.78 is 32.6. The van der Waals surface area contributed by atoms with E-state index >= 15 is 0 Å². The summed E-state index contributed by atoms with van der Waals surface area (Å²) in [6, 6.07) is 5.00. The molecule has 1 amide bonds. The molecule has 6 nitrogen and oxygen atoms in total. The second-order valence-corrected chi connectivity index (χ2v) is 11.3. The van der Waals surface area contributed by atoms with Crippen LogP contribution in [-0.4, -0.2) is 51.0 Å². The molecule has 30 heavy (non-hydrogen) atoms. The van der Waals surface area contributed by atoms with E-state index in [1.54, 1.807) is 12.1 Å². The number of hydrogen-bond donors (Lipinski definition) is 1. The lowest BCUT2D eigenvalue weighted by atomic mass is 9.69. The largest absolute Gasteiger partial charge is 0.379 e. The molecule has 1 saturated heterocycles. The SMILES string of the molecule is CCC(C)(C)C1CCC(NC(=O)c2cc(S(=O)(=O)N3CCOCC3)ccc2C)CC1. The van der Waals surface area contributed by atoms with Gasteiger partial charge in [-0.1, -0.05) is 33.3 Å². The minimum Gasteiger partial charge on any atom is -0.379 e. The minimum absolute atomic E-state index is 0.153. The van der Waals surface area contributed by atoms with Gasteiger partial charge < -0.3 is 10.1 Å². The fourth-order valence-electron chi connectivity index (χ4n) is 4.51. The van der Waals surface area contributed by atoms with E-state index in [2.05, 4.69) is 26.1 Å². The van der Waals surface area contributed by atoms with Crippen molar-refractivity contribution in [3.8, 4) is 0 Å². The Balaban J connectivity index is 1.69. The minimum atomic E-state index is -3.62. The number of ether oxygens (including phenoxy) is 1. The third-order valence-corrected chi connectivity index (χ3v) is 9.03. The van der Waals surface area contributed by atoms with Gasteiger partial charge in [0.05, 0.1) is 18.1 Å². The summed E-state index contributed by atoms with van der Waals surface area (Å²) in [5.41, 5.74) is 1.57. The molecule has 0 radical (unpaired) electrons. The van der Waals surface area contributed by atoms with Crippen LogP contribution in [0.15, 0.2) is 23.1 Å². The van der Waals surface area contributed by atoms with E-state index in [1.807, 2.05) is 6.92 Å². The van der Waals surface area contributed by atoms with Gasteiger partial charge in [0.15, 0.2) is 0 Å². The zero-order chi connectivity index (χ0) is 21.9. The number of nitrogens with zero attached hydrogens (tertiary/aromatic N) is 1. The molecule has 2 fully saturated rings. The third-order valence-electron chi connectivity index (χ3n) is 7.14. The zero-order valence-electron chi connectivity index (χ0n) is 18.7. The Labute approximate surface area is 181 Å². The molecule has 0 spiro atoms. The maximum absolute atomic E-state index is 13.0. The summed E-state index contributed by atoms with van der Waals surface area (Å²) in [6.45, 7) is 10.2. The molecule has 1 aromatic carbocycles. The van der Waals surface area contributed by atoms with Crippen molar-refractivity contribution >= 4 is 15.9 Å². The van der Waals surface area contributed by atoms with E-state index in [4.69, 9.17) is 4.74 Å². The number of carbonyl (C=O) groups is 1. The van der Waals surface area contributed by atoms with Gasteiger partial charge >= 0.3 is 0 Å². The van der Waals surface area contributed by atoms with Gasteiger partial charge in [0.1, 0.15) is 0 Å². The van der Waals surface area contributed by atoms with Crippen molar-refractivity contribution in [1.82, 2.24) is 9.62 Å². The van der Waals surface area contributed by atoms with Crippen LogP contribution in [0.4, 0.5) is 0 Å². The van der Waals surface area contributed by atoms with Crippen molar-refractivity contribution in [2.75, 3.05) is 26.3 Å². The lowest BCUT2D eigenvalue weighted by Crippen LogP contribution is -2.41. The number of rotatable bonds is 6. The van der Waals surface area contributed by atoms with Gasteiger partial charge in [0.25, 0.3) is 5.91 Å². The highest BCUT2D eigenvalue weighted by Gasteiger charge is 2.33. The number of nitrogens with one attached hydrogen (secondary N) is 1. The second-order valence-electron chi connectivity index (χ2n) is 9.36. The fraction of sp³-hybridized carbons (Fsp3) is 0.696. The van der Waals surface area contributed by atoms with Crippen LogP contribution in [0.3, 0.4) is 0 Å². The highest BCUT2D eigenvalue weighted by Crippen LogP contribution is 2.40. The smallest absolute Gasteiger partial charge is 0.251 e. The summed E-state index contributed by atoms with van der Waals surface area (Å²) in [5, 5.41) is 3.16. The molecule has 1 aromatic rings. The van der Waals surface area contributed by atoms with Crippen LogP contribution in [0.2, 0.25) is 0 Å². The van der Waals surface area contributed by atoms with E-state index in [1.165, 1.54) is 10.4 Å². The molecule has 2 aliphatic rings. The van der Waals surface area contributed by atoms with E-state index in [-0.39, 0.29) is 16.8 Å². The maximum Gasteiger partial charge on any atom is 0.251 e. The topological polar surface area (TPSA) is 75.7 Å². The molecule has 7 heteroatoms. The maximum atomic E-state index is 13.0. The molecule has 0 bridgehead atoms. The number of aryl methyl sites for hydroxylation is 1. The first-order valence-electron chi connectivity index (χ1n) is 11.1. The lowest BCUT2D eigenvalue weighted by Gasteiger charge is -2.39. The van der Waals surface area contributed by atoms with Gasteiger partial charge in [0.2, 0.25) is 10.0 Å². The number of benzene rings is 1. The predicted octanol–water partition coefficient (Wildman–Crippen LogP) is 3.74. The number of morpholine rings is 1. The fourth-order valence-corrected chi connectivity index (χ4v) is 5.95. The summed E-state index contributed by atoms with van der Waals surface area (Å²) >= 11 is 0. The highest BCUT2D eigenvalue weighted by molar-refractivity contribution is 7.89. The van der Waals surface area contributed by atoms with Crippen molar-refractivity contribution in [2.24, 2.45) is 11.3 Å². The molecule has 1 heterocycles. The third kappa shape index (κ3) is 5.06. The van der Waals surface area contributed by atoms with E-state index < -0.39 is 10.0 Å². The summed E-state index contributed by atoms with van der Waals surface area (Å²) in [6.07, 6.45) is 5.36. The van der Waals surface area contributed by atoms with Crippen molar-refractivity contribution in [3.05, 3.63) is 29.3 Å². The molecule has 0 atom stereocenters. The Bertz CT molecular complexity index is 852. The zero-order valence-corrected chi connectivity index (χ0v) is 19.6. The molecule has 0 aromatic heterocycles. The first kappa shape index (κ1) is 23.2. The van der Waals surface area contributed by atoms with Gasteiger partial charge in [-0.05, 0) is 61.6 Å². The Morgan fingerprint density at radius 3 is 2.40 bits per heavy atom. The van der Waals surface area contributed by atoms with Gasteiger partial charge in [0, 0.05) is 24.7 Å². The molecule has 1 N–H and O–H groups in total. The molecule has 168 valence electrons. The molecule has 1 saturated carbocycles. The second kappa shape index (κ2) is 9.37. The van der Waals surface area contributed by atoms with Crippen LogP contribution in [0, 0.1) is 18.3 Å². The number of carbonyl (C=O) groups excluding carboxylic acids is 1. The molecular formula is C23H36N2O4S. The van der Waals surface area contributed by atoms with Crippen LogP contribution in [-0.2, 0) is 14.8 Å². The molecule has 1 aliphatic heterocycles. The first-order chi connectivity index (χ1) is 14.1. The number of hydrogen-bond acceptors (Lipinski definition) is 4. The highest BCUT2D eigenvalue weighted by atomic mass is 32.2. The predicted molar refractivity (Wildman–Crippen MR) is 118 cm³/mol. The van der Waals surface area contributed by atoms with Crippen molar-refractivity contribution in [2.45, 2.75) is 70.7 Å². The van der Waals surface area contributed by atoms with Gasteiger partial charge in [-0.15, -0.1) is 0 Å². The van der Waals surface area contributed by atoms with Gasteiger partial charge in [-0.25, -0.2) is 8.42 Å². The quantitative estimate of drug-likeness (QED) is 0.737. The Kier molecular flexibility index (Phi) is 7.25. The standard InChI is InChI=1S/C23H36N2O4S/c1-5-23(3,4)18-7-9-19(10-8-18)24-22(26)21-16-20(11-6-17(21)2)30(27,28)25-12-14-29-15-13-25/h6,11,16,18-19H,5,7-10,12-15H2,1-4H3,(H,24,26). The van der Waals surface area contributed by atoms with Crippen LogP contribution >= 0.6 is 0 Å². The van der Waals surface area contributed by atoms with Gasteiger partial charge in [-0.2, -0.15) is 4.31 Å². The number of amides is 1. The average molecular weight is 437 g/mol. The van der Waals surface area contributed by atoms with Crippen LogP contribution in [0.25, 0.3) is 0 Å². The molecule has 3 rings (SSSR count). The molecular weight excluding hydrogens is 400 g/mol. The summed E-state index contributed by atoms with van der Waals surface area (Å²) in [7, 11) is -3.62. The monoisotopic (exact) mass is 436 g/mol. The van der Waals surface area contributed by atoms with Crippen molar-refractivity contribution < 1.29 is 17.9 Å². The Morgan fingerprint density at radius 1 is 1.17 bits per heavy atom. The molecule has 0 unspecified atom stereocenters. The van der Waals surface area contributed by atoms with Crippen LogP contribution < -0.4 is 5.32 Å². The lowest BCUT2D eigenvalue weighted by molar-refractivity contribution is 0.0730. The molecule has 1 aliphatic carbocycles. The van der Waals surface area contributed by atoms with E-state index in [0.29, 0.717) is 43.2 Å². The Hall–Kier alpha value is -1.44. The van der Waals surface area contributed by atoms with Crippen LogP contribution in [0.1, 0.15) is 68.8 Å². The summed E-state index contributed by atoms with van der Waals surface area (Å²) in [4.78, 5) is 13.2. The van der Waals surface area contributed by atoms with Gasteiger partial charge in [-0.3, -0.25) is 4.79 Å². The van der Waals surface area contributed by atoms with E-state index in [9.17, 15) is 13.2 Å². The average Bonchev–Trinajstić information content (AvgIpc) is 2.75. The van der Waals surface area contributed by atoms with Crippen LogP contribution in [0.5, 0.6) is 0 Å². The first-order valence-corrected chi connectivity index (χ1v) is 12.6.